The van der Waals surface area contributed by atoms with E-state index in [4.69, 9.17) is 5.73 Å². The molecule has 0 rings (SSSR count). The van der Waals surface area contributed by atoms with E-state index in [9.17, 15) is 4.79 Å². The van der Waals surface area contributed by atoms with Gasteiger partial charge in [0.1, 0.15) is 0 Å². The summed E-state index contributed by atoms with van der Waals surface area (Å²) in [5, 5.41) is 2.66. The molecule has 0 heterocycles. The topological polar surface area (TPSA) is 55.1 Å². The van der Waals surface area contributed by atoms with Crippen LogP contribution in [-0.2, 0) is 4.79 Å². The third-order valence-corrected chi connectivity index (χ3v) is 0.780. The van der Waals surface area contributed by atoms with Crippen LogP contribution in [0.3, 0.4) is 0 Å². The molecule has 10 heavy (non-hydrogen) atoms. The summed E-state index contributed by atoms with van der Waals surface area (Å²) in [7, 11) is 0. The van der Waals surface area contributed by atoms with Crippen LogP contribution < -0.4 is 11.1 Å². The second-order valence-electron chi connectivity index (χ2n) is 3.23. The summed E-state index contributed by atoms with van der Waals surface area (Å²) in [5.74, 6) is -0.299. The molecular weight excluding hydrogens is 128 g/mol. The van der Waals surface area contributed by atoms with Crippen LogP contribution in [0, 0.1) is 0 Å². The van der Waals surface area contributed by atoms with Crippen LogP contribution in [0.15, 0.2) is 12.3 Å². The van der Waals surface area contributed by atoms with Gasteiger partial charge < -0.3 is 11.1 Å². The van der Waals surface area contributed by atoms with Crippen molar-refractivity contribution in [2.24, 2.45) is 5.73 Å². The molecule has 3 heteroatoms. The predicted molar refractivity (Wildman–Crippen MR) is 41.2 cm³/mol. The summed E-state index contributed by atoms with van der Waals surface area (Å²) in [5.41, 5.74) is 4.95. The lowest BCUT2D eigenvalue weighted by Gasteiger charge is -2.19. The number of nitrogens with one attached hydrogen (secondary N) is 1. The van der Waals surface area contributed by atoms with E-state index in [2.05, 4.69) is 11.9 Å². The summed E-state index contributed by atoms with van der Waals surface area (Å²) >= 11 is 0. The molecule has 0 aromatic rings. The third-order valence-electron chi connectivity index (χ3n) is 0.780. The molecule has 0 bridgehead atoms. The van der Waals surface area contributed by atoms with Crippen molar-refractivity contribution >= 4 is 5.91 Å². The fourth-order valence-corrected chi connectivity index (χ4v) is 0.421. The second-order valence-corrected chi connectivity index (χ2v) is 3.23. The minimum absolute atomic E-state index is 0.0509. The lowest BCUT2D eigenvalue weighted by Crippen LogP contribution is -2.42. The van der Waals surface area contributed by atoms with Gasteiger partial charge in [0.15, 0.2) is 0 Å². The lowest BCUT2D eigenvalue weighted by atomic mass is 10.1. The number of carbonyl (C=O) groups excluding carboxylic acids is 1. The Balaban J connectivity index is 3.93. The van der Waals surface area contributed by atoms with Gasteiger partial charge in [-0.2, -0.15) is 0 Å². The van der Waals surface area contributed by atoms with Gasteiger partial charge in [-0.1, -0.05) is 6.58 Å². The van der Waals surface area contributed by atoms with Gasteiger partial charge in [0.25, 0.3) is 5.91 Å². The molecule has 0 unspecified atom stereocenters. The highest BCUT2D eigenvalue weighted by Crippen LogP contribution is 1.98. The largest absolute Gasteiger partial charge is 0.395 e. The van der Waals surface area contributed by atoms with Crippen LogP contribution in [0.5, 0.6) is 0 Å². The number of rotatable bonds is 1. The lowest BCUT2D eigenvalue weighted by molar-refractivity contribution is -0.118. The first kappa shape index (κ1) is 9.01. The maximum Gasteiger partial charge on any atom is 0.266 e. The maximum absolute atomic E-state index is 10.8. The molecule has 1 amide bonds. The van der Waals surface area contributed by atoms with E-state index in [1.165, 1.54) is 0 Å². The number of hydrogen-bond donors (Lipinski definition) is 2. The molecular formula is C7H14N2O. The zero-order valence-corrected chi connectivity index (χ0v) is 6.69. The van der Waals surface area contributed by atoms with Gasteiger partial charge in [-0.25, -0.2) is 0 Å². The van der Waals surface area contributed by atoms with Crippen LogP contribution >= 0.6 is 0 Å². The van der Waals surface area contributed by atoms with Gasteiger partial charge in [-0.05, 0) is 20.8 Å². The smallest absolute Gasteiger partial charge is 0.266 e. The van der Waals surface area contributed by atoms with Crippen molar-refractivity contribution in [1.82, 2.24) is 5.32 Å². The Labute approximate surface area is 61.3 Å². The zero-order valence-electron chi connectivity index (χ0n) is 6.69. The van der Waals surface area contributed by atoms with Gasteiger partial charge in [0, 0.05) is 5.54 Å². The Morgan fingerprint density at radius 2 is 1.90 bits per heavy atom. The quantitative estimate of drug-likeness (QED) is 0.520. The van der Waals surface area contributed by atoms with E-state index in [0.29, 0.717) is 0 Å². The average molecular weight is 142 g/mol. The normalized spacial score (nSPS) is 10.7. The highest BCUT2D eigenvalue weighted by atomic mass is 16.2. The molecule has 0 spiro atoms. The molecule has 0 fully saturated rings. The SMILES string of the molecule is C=C(N)C(=O)NC(C)(C)C. The monoisotopic (exact) mass is 142 g/mol. The van der Waals surface area contributed by atoms with Gasteiger partial charge in [-0.3, -0.25) is 4.79 Å². The Morgan fingerprint density at radius 1 is 1.50 bits per heavy atom. The first-order valence-electron chi connectivity index (χ1n) is 3.10. The van der Waals surface area contributed by atoms with E-state index in [-0.39, 0.29) is 17.1 Å². The van der Waals surface area contributed by atoms with E-state index in [0.717, 1.165) is 0 Å². The van der Waals surface area contributed by atoms with Crippen LogP contribution in [-0.4, -0.2) is 11.4 Å². The van der Waals surface area contributed by atoms with Crippen molar-refractivity contribution in [3.63, 3.8) is 0 Å². The fraction of sp³-hybridized carbons (Fsp3) is 0.571. The molecule has 3 N–H and O–H groups in total. The molecule has 0 radical (unpaired) electrons. The first-order chi connectivity index (χ1) is 4.33. The number of carbonyl (C=O) groups is 1. The first-order valence-corrected chi connectivity index (χ1v) is 3.10. The number of nitrogens with two attached hydrogens (primary N) is 1. The molecule has 0 saturated carbocycles. The van der Waals surface area contributed by atoms with Crippen LogP contribution in [0.2, 0.25) is 0 Å². The van der Waals surface area contributed by atoms with Crippen molar-refractivity contribution in [1.29, 1.82) is 0 Å². The van der Waals surface area contributed by atoms with Gasteiger partial charge >= 0.3 is 0 Å². The van der Waals surface area contributed by atoms with Crippen molar-refractivity contribution in [3.05, 3.63) is 12.3 Å². The molecule has 0 aliphatic carbocycles. The molecule has 58 valence electrons. The molecule has 0 saturated heterocycles. The summed E-state index contributed by atoms with van der Waals surface area (Å²) in [6.45, 7) is 8.95. The molecule has 0 aromatic heterocycles. The number of amides is 1. The van der Waals surface area contributed by atoms with E-state index >= 15 is 0 Å². The van der Waals surface area contributed by atoms with Crippen molar-refractivity contribution in [2.75, 3.05) is 0 Å². The van der Waals surface area contributed by atoms with Crippen molar-refractivity contribution in [2.45, 2.75) is 26.3 Å². The standard InChI is InChI=1S/C7H14N2O/c1-5(8)6(10)9-7(2,3)4/h1,8H2,2-4H3,(H,9,10). The predicted octanol–water partition coefficient (Wildman–Crippen LogP) is 0.373. The van der Waals surface area contributed by atoms with E-state index in [1.807, 2.05) is 20.8 Å². The van der Waals surface area contributed by atoms with Crippen molar-refractivity contribution < 1.29 is 4.79 Å². The number of hydrogen-bond acceptors (Lipinski definition) is 2. The molecule has 0 aliphatic heterocycles. The van der Waals surface area contributed by atoms with Crippen LogP contribution in [0.1, 0.15) is 20.8 Å². The summed E-state index contributed by atoms with van der Waals surface area (Å²) < 4.78 is 0. The minimum atomic E-state index is -0.299. The van der Waals surface area contributed by atoms with Gasteiger partial charge in [0.05, 0.1) is 5.70 Å². The molecule has 3 nitrogen and oxygen atoms in total. The third kappa shape index (κ3) is 3.95. The average Bonchev–Trinajstić information content (AvgIpc) is 1.60. The summed E-state index contributed by atoms with van der Waals surface area (Å²) in [4.78, 5) is 10.8. The van der Waals surface area contributed by atoms with Gasteiger partial charge in [0.2, 0.25) is 0 Å². The van der Waals surface area contributed by atoms with Crippen LogP contribution in [0.4, 0.5) is 0 Å². The van der Waals surface area contributed by atoms with E-state index in [1.54, 1.807) is 0 Å². The molecule has 0 aliphatic rings. The van der Waals surface area contributed by atoms with Crippen LogP contribution in [0.25, 0.3) is 0 Å². The minimum Gasteiger partial charge on any atom is -0.395 e. The zero-order chi connectivity index (χ0) is 8.36. The highest BCUT2D eigenvalue weighted by Gasteiger charge is 2.13. The highest BCUT2D eigenvalue weighted by molar-refractivity contribution is 5.92. The van der Waals surface area contributed by atoms with Gasteiger partial charge in [-0.15, -0.1) is 0 Å². The molecule has 0 atom stereocenters. The fourth-order valence-electron chi connectivity index (χ4n) is 0.421. The van der Waals surface area contributed by atoms with Crippen molar-refractivity contribution in [3.8, 4) is 0 Å². The summed E-state index contributed by atoms with van der Waals surface area (Å²) in [6.07, 6.45) is 0. The van der Waals surface area contributed by atoms with E-state index < -0.39 is 0 Å². The molecule has 0 aromatic carbocycles. The Kier molecular flexibility index (Phi) is 2.46. The Bertz CT molecular complexity index is 155. The maximum atomic E-state index is 10.8. The second kappa shape index (κ2) is 2.73. The Morgan fingerprint density at radius 3 is 2.00 bits per heavy atom. The Hall–Kier alpha value is -0.990. The summed E-state index contributed by atoms with van der Waals surface area (Å²) in [6, 6.07) is 0.